The monoisotopic (exact) mass is 479 g/mol. The van der Waals surface area contributed by atoms with Crippen molar-refractivity contribution in [1.82, 2.24) is 5.32 Å². The molecule has 3 rings (SSSR count). The minimum absolute atomic E-state index is 0.0441. The Labute approximate surface area is 205 Å². The van der Waals surface area contributed by atoms with Gasteiger partial charge >= 0.3 is 0 Å². The first kappa shape index (κ1) is 25.9. The lowest BCUT2D eigenvalue weighted by Crippen LogP contribution is -2.43. The Morgan fingerprint density at radius 3 is 2.51 bits per heavy atom. The van der Waals surface area contributed by atoms with Crippen LogP contribution < -0.4 is 15.4 Å². The Kier molecular flexibility index (Phi) is 7.63. The summed E-state index contributed by atoms with van der Waals surface area (Å²) < 4.78 is 5.36. The Hall–Kier alpha value is -3.68. The third kappa shape index (κ3) is 6.26. The summed E-state index contributed by atoms with van der Waals surface area (Å²) in [5.41, 5.74) is 2.51. The van der Waals surface area contributed by atoms with E-state index in [0.717, 1.165) is 29.0 Å². The highest BCUT2D eigenvalue weighted by molar-refractivity contribution is 6.09. The minimum Gasteiger partial charge on any atom is -0.497 e. The van der Waals surface area contributed by atoms with Gasteiger partial charge in [0.15, 0.2) is 5.78 Å². The fourth-order valence-corrected chi connectivity index (χ4v) is 4.09. The second kappa shape index (κ2) is 10.3. The average molecular weight is 480 g/mol. The molecule has 2 aromatic carbocycles. The highest BCUT2D eigenvalue weighted by atomic mass is 16.6. The number of nitrogens with one attached hydrogen (secondary N) is 2. The van der Waals surface area contributed by atoms with Crippen LogP contribution in [0.2, 0.25) is 0 Å². The molecule has 1 amide bonds. The van der Waals surface area contributed by atoms with Crippen molar-refractivity contribution >= 4 is 23.1 Å². The first-order chi connectivity index (χ1) is 16.5. The lowest BCUT2D eigenvalue weighted by Gasteiger charge is -2.35. The number of hydrogen-bond acceptors (Lipinski definition) is 6. The molecule has 0 spiro atoms. The number of nitro groups is 1. The predicted molar refractivity (Wildman–Crippen MR) is 136 cm³/mol. The van der Waals surface area contributed by atoms with Gasteiger partial charge in [-0.1, -0.05) is 13.0 Å². The van der Waals surface area contributed by atoms with Gasteiger partial charge in [0.25, 0.3) is 0 Å². The average Bonchev–Trinajstić information content (AvgIpc) is 2.82. The van der Waals surface area contributed by atoms with E-state index < -0.39 is 5.54 Å². The number of ether oxygens (including phenoxy) is 1. The Morgan fingerprint density at radius 2 is 1.91 bits per heavy atom. The number of rotatable bonds is 9. The van der Waals surface area contributed by atoms with Gasteiger partial charge < -0.3 is 15.4 Å². The van der Waals surface area contributed by atoms with Crippen molar-refractivity contribution in [2.75, 3.05) is 12.4 Å². The normalized spacial score (nSPS) is 17.0. The van der Waals surface area contributed by atoms with Crippen molar-refractivity contribution in [3.8, 4) is 5.75 Å². The molecule has 0 aromatic heterocycles. The van der Waals surface area contributed by atoms with E-state index in [9.17, 15) is 19.7 Å². The summed E-state index contributed by atoms with van der Waals surface area (Å²) in [7, 11) is 1.61. The number of benzene rings is 2. The molecule has 0 bridgehead atoms. The lowest BCUT2D eigenvalue weighted by molar-refractivity contribution is -0.566. The van der Waals surface area contributed by atoms with E-state index >= 15 is 0 Å². The van der Waals surface area contributed by atoms with Gasteiger partial charge in [-0.2, -0.15) is 0 Å². The third-order valence-electron chi connectivity index (χ3n) is 6.53. The second-order valence-corrected chi connectivity index (χ2v) is 9.86. The van der Waals surface area contributed by atoms with E-state index in [1.807, 2.05) is 18.2 Å². The van der Waals surface area contributed by atoms with Crippen LogP contribution in [0, 0.1) is 10.1 Å². The number of fused-ring (bicyclic) bond motifs is 1. The number of carbonyl (C=O) groups is 2. The number of allylic oxidation sites excluding steroid dienone is 1. The van der Waals surface area contributed by atoms with E-state index in [1.54, 1.807) is 51.3 Å². The molecule has 2 aromatic rings. The quantitative estimate of drug-likeness (QED) is 0.226. The largest absolute Gasteiger partial charge is 0.497 e. The van der Waals surface area contributed by atoms with Crippen LogP contribution in [0.1, 0.15) is 68.4 Å². The molecule has 1 heterocycles. The maximum atomic E-state index is 13.0. The van der Waals surface area contributed by atoms with Gasteiger partial charge in [0.2, 0.25) is 11.4 Å². The molecular weight excluding hydrogens is 446 g/mol. The van der Waals surface area contributed by atoms with Crippen LogP contribution in [-0.4, -0.2) is 34.8 Å². The first-order valence-electron chi connectivity index (χ1n) is 11.7. The predicted octanol–water partition coefficient (Wildman–Crippen LogP) is 5.01. The highest BCUT2D eigenvalue weighted by Gasteiger charge is 2.35. The van der Waals surface area contributed by atoms with Crippen molar-refractivity contribution in [2.24, 2.45) is 0 Å². The molecule has 8 nitrogen and oxygen atoms in total. The topological polar surface area (TPSA) is 111 Å². The van der Waals surface area contributed by atoms with Crippen molar-refractivity contribution in [1.29, 1.82) is 0 Å². The lowest BCUT2D eigenvalue weighted by atomic mass is 9.85. The van der Waals surface area contributed by atoms with Crippen LogP contribution in [0.25, 0.3) is 5.70 Å². The van der Waals surface area contributed by atoms with Crippen LogP contribution >= 0.6 is 0 Å². The molecule has 0 aliphatic carbocycles. The van der Waals surface area contributed by atoms with Crippen LogP contribution in [0.3, 0.4) is 0 Å². The molecule has 8 heteroatoms. The number of nitrogens with zero attached hydrogens (tertiary/aromatic N) is 1. The van der Waals surface area contributed by atoms with Crippen LogP contribution in [0.15, 0.2) is 48.5 Å². The third-order valence-corrected chi connectivity index (χ3v) is 6.53. The zero-order chi connectivity index (χ0) is 25.8. The molecule has 1 aliphatic heterocycles. The number of hydrogen-bond donors (Lipinski definition) is 2. The van der Waals surface area contributed by atoms with Crippen LogP contribution in [0.5, 0.6) is 5.75 Å². The number of carbonyl (C=O) groups excluding carboxylic acids is 2. The first-order valence-corrected chi connectivity index (χ1v) is 11.7. The van der Waals surface area contributed by atoms with Gasteiger partial charge in [0.05, 0.1) is 7.11 Å². The summed E-state index contributed by atoms with van der Waals surface area (Å²) in [6.07, 6.45) is 2.97. The molecule has 0 radical (unpaired) electrons. The summed E-state index contributed by atoms with van der Waals surface area (Å²) in [6, 6.07) is 12.5. The summed E-state index contributed by atoms with van der Waals surface area (Å²) in [6.45, 7) is 7.46. The van der Waals surface area contributed by atoms with Crippen LogP contribution in [-0.2, 0) is 11.2 Å². The molecule has 1 atom stereocenters. The Balaban J connectivity index is 1.72. The molecule has 1 unspecified atom stereocenters. The molecule has 0 fully saturated rings. The SMILES string of the molecule is CCC(C)(CCC(=O)Nc1ccc(C(=O)C=C2NC(C)(C)Cc3ccc(OC)cc32)cc1)[N+](=O)[O-]. The summed E-state index contributed by atoms with van der Waals surface area (Å²) >= 11 is 0. The smallest absolute Gasteiger partial charge is 0.224 e. The van der Waals surface area contributed by atoms with Crippen LogP contribution in [0.4, 0.5) is 5.69 Å². The molecule has 35 heavy (non-hydrogen) atoms. The number of methoxy groups -OCH3 is 1. The minimum atomic E-state index is -1.12. The number of ketones is 1. The standard InChI is InChI=1S/C27H33N3O5/c1-6-27(4,30(33)34)14-13-25(32)28-20-10-7-18(8-11-20)24(31)16-23-22-15-21(35-5)12-9-19(22)17-26(2,3)29-23/h7-12,15-16,29H,6,13-14,17H2,1-5H3,(H,28,32). The second-order valence-electron chi connectivity index (χ2n) is 9.86. The van der Waals surface area contributed by atoms with Gasteiger partial charge in [-0.05, 0) is 62.2 Å². The van der Waals surface area contributed by atoms with Gasteiger partial charge in [0, 0.05) is 65.2 Å². The molecule has 186 valence electrons. The fourth-order valence-electron chi connectivity index (χ4n) is 4.09. The number of anilines is 1. The Bertz CT molecular complexity index is 1150. The number of amides is 1. The van der Waals surface area contributed by atoms with E-state index in [0.29, 0.717) is 17.7 Å². The van der Waals surface area contributed by atoms with Gasteiger partial charge in [-0.3, -0.25) is 19.7 Å². The summed E-state index contributed by atoms with van der Waals surface area (Å²) in [5.74, 6) is 0.259. The van der Waals surface area contributed by atoms with Gasteiger partial charge in [0.1, 0.15) is 5.75 Å². The van der Waals surface area contributed by atoms with Gasteiger partial charge in [-0.25, -0.2) is 0 Å². The van der Waals surface area contributed by atoms with Crippen molar-refractivity contribution < 1.29 is 19.2 Å². The van der Waals surface area contributed by atoms with E-state index in [1.165, 1.54) is 0 Å². The maximum absolute atomic E-state index is 13.0. The zero-order valence-electron chi connectivity index (χ0n) is 20.9. The zero-order valence-corrected chi connectivity index (χ0v) is 20.9. The highest BCUT2D eigenvalue weighted by Crippen LogP contribution is 2.32. The Morgan fingerprint density at radius 1 is 1.23 bits per heavy atom. The van der Waals surface area contributed by atoms with E-state index in [2.05, 4.69) is 24.5 Å². The van der Waals surface area contributed by atoms with Crippen molar-refractivity contribution in [3.63, 3.8) is 0 Å². The molecule has 1 aliphatic rings. The summed E-state index contributed by atoms with van der Waals surface area (Å²) in [4.78, 5) is 36.2. The summed E-state index contributed by atoms with van der Waals surface area (Å²) in [5, 5.41) is 17.4. The van der Waals surface area contributed by atoms with Crippen molar-refractivity contribution in [2.45, 2.75) is 64.5 Å². The molecular formula is C27H33N3O5. The molecule has 2 N–H and O–H groups in total. The molecule has 0 saturated heterocycles. The molecule has 0 saturated carbocycles. The fraction of sp³-hybridized carbons (Fsp3) is 0.407. The maximum Gasteiger partial charge on any atom is 0.224 e. The van der Waals surface area contributed by atoms with Crippen molar-refractivity contribution in [3.05, 3.63) is 75.3 Å². The van der Waals surface area contributed by atoms with Gasteiger partial charge in [-0.15, -0.1) is 0 Å². The van der Waals surface area contributed by atoms with E-state index in [-0.39, 0.29) is 35.0 Å². The van der Waals surface area contributed by atoms with E-state index in [4.69, 9.17) is 4.74 Å².